The van der Waals surface area contributed by atoms with E-state index in [4.69, 9.17) is 51.1 Å². The minimum Gasteiger partial charge on any atom is -0.456 e. The summed E-state index contributed by atoms with van der Waals surface area (Å²) in [5, 5.41) is 23.6. The van der Waals surface area contributed by atoms with Gasteiger partial charge in [0.1, 0.15) is 6.10 Å². The number of halogens is 4. The van der Waals surface area contributed by atoms with Gasteiger partial charge in [0.25, 0.3) is 0 Å². The minimum atomic E-state index is -0.910. The first kappa shape index (κ1) is 56.3. The molecule has 0 saturated carbocycles. The molecule has 2 unspecified atom stereocenters. The Morgan fingerprint density at radius 1 is 0.567 bits per heavy atom. The number of amides is 6. The third kappa shape index (κ3) is 18.5. The van der Waals surface area contributed by atoms with Crippen molar-refractivity contribution < 1.29 is 33.8 Å². The zero-order valence-corrected chi connectivity index (χ0v) is 43.0. The third-order valence-electron chi connectivity index (χ3n) is 10.1. The van der Waals surface area contributed by atoms with Crippen molar-refractivity contribution in [1.82, 2.24) is 20.4 Å². The Bertz CT molecular complexity index is 2310. The molecule has 364 valence electrons. The monoisotopic (exact) mass is 1000 g/mol. The highest BCUT2D eigenvalue weighted by Gasteiger charge is 2.27. The van der Waals surface area contributed by atoms with Crippen LogP contribution in [-0.2, 0) is 32.2 Å². The molecule has 4 aromatic rings. The van der Waals surface area contributed by atoms with Crippen LogP contribution in [-0.4, -0.2) is 69.9 Å². The van der Waals surface area contributed by atoms with Crippen LogP contribution in [0.3, 0.4) is 0 Å². The molecule has 0 aliphatic carbocycles. The summed E-state index contributed by atoms with van der Waals surface area (Å²) in [5.74, 6) is -0.533. The quantitative estimate of drug-likeness (QED) is 0.0738. The Kier molecular flexibility index (Phi) is 21.3. The van der Waals surface area contributed by atoms with Crippen LogP contribution in [0.1, 0.15) is 111 Å². The van der Waals surface area contributed by atoms with E-state index in [0.29, 0.717) is 55.7 Å². The second kappa shape index (κ2) is 25.4. The summed E-state index contributed by atoms with van der Waals surface area (Å²) in [5.41, 5.74) is 3.37. The van der Waals surface area contributed by atoms with Crippen LogP contribution in [0.15, 0.2) is 84.9 Å². The smallest absolute Gasteiger partial charge is 0.322 e. The number of carbonyl (C=O) groups excluding carboxylic acids is 5. The topological polar surface area (TPSA) is 169 Å². The number of aliphatic hydroxyl groups excluding tert-OH is 1. The Labute approximate surface area is 415 Å². The first-order valence-corrected chi connectivity index (χ1v) is 23.3. The van der Waals surface area contributed by atoms with E-state index in [0.717, 1.165) is 11.1 Å². The van der Waals surface area contributed by atoms with E-state index in [1.807, 2.05) is 93.5 Å². The van der Waals surface area contributed by atoms with E-state index in [-0.39, 0.29) is 49.0 Å². The van der Waals surface area contributed by atoms with Gasteiger partial charge in [0, 0.05) is 54.3 Å². The van der Waals surface area contributed by atoms with E-state index < -0.39 is 29.0 Å². The summed E-state index contributed by atoms with van der Waals surface area (Å²) < 4.78 is 5.50. The molecule has 0 fully saturated rings. The Hall–Kier alpha value is -5.05. The van der Waals surface area contributed by atoms with Gasteiger partial charge in [-0.25, -0.2) is 9.59 Å². The summed E-state index contributed by atoms with van der Waals surface area (Å²) in [6.45, 7) is 21.0. The first-order chi connectivity index (χ1) is 31.2. The average Bonchev–Trinajstić information content (AvgIpc) is 3.24. The molecule has 0 saturated heterocycles. The van der Waals surface area contributed by atoms with Crippen molar-refractivity contribution in [2.24, 2.45) is 10.8 Å². The van der Waals surface area contributed by atoms with Gasteiger partial charge in [0.15, 0.2) is 0 Å². The summed E-state index contributed by atoms with van der Waals surface area (Å²) in [6, 6.07) is 23.4. The number of aliphatic hydroxyl groups is 1. The molecular weight excluding hydrogens is 938 g/mol. The molecule has 0 spiro atoms. The second-order valence-electron chi connectivity index (χ2n) is 18.6. The number of benzene rings is 4. The van der Waals surface area contributed by atoms with Gasteiger partial charge in [-0.2, -0.15) is 0 Å². The predicted octanol–water partition coefficient (Wildman–Crippen LogP) is 11.8. The number of hydrogen-bond acceptors (Lipinski definition) is 7. The maximum Gasteiger partial charge on any atom is 0.322 e. The summed E-state index contributed by atoms with van der Waals surface area (Å²) in [4.78, 5) is 64.9. The maximum absolute atomic E-state index is 13.1. The molecule has 2 atom stereocenters. The number of ether oxygens (including phenoxy) is 1. The minimum absolute atomic E-state index is 0.0250. The fourth-order valence-electron chi connectivity index (χ4n) is 6.07. The average molecular weight is 1000 g/mol. The molecule has 0 radical (unpaired) electrons. The zero-order valence-electron chi connectivity index (χ0n) is 40.0. The van der Waals surface area contributed by atoms with Gasteiger partial charge in [-0.05, 0) is 98.5 Å². The Balaban J connectivity index is 0.000000357. The van der Waals surface area contributed by atoms with E-state index >= 15 is 0 Å². The lowest BCUT2D eigenvalue weighted by molar-refractivity contribution is -0.147. The van der Waals surface area contributed by atoms with E-state index in [2.05, 4.69) is 21.3 Å². The zero-order chi connectivity index (χ0) is 50.4. The SMILES string of the molecule is CC(=O)OC(CN(C(=O)Nc1ccc(CNC(=O)C(C)(C)C)cc1)C(C)C)c1ccc(Cl)c(Cl)c1.CC(C)N(CC(O)c1ccc(Cl)c(Cl)c1)C(=O)Nc1ccc(CNC(=O)C(C)(C)C)cc1. The lowest BCUT2D eigenvalue weighted by Crippen LogP contribution is -2.43. The maximum atomic E-state index is 13.1. The van der Waals surface area contributed by atoms with Crippen LogP contribution in [0, 0.1) is 10.8 Å². The highest BCUT2D eigenvalue weighted by atomic mass is 35.5. The molecule has 13 nitrogen and oxygen atoms in total. The number of carbonyl (C=O) groups is 5. The van der Waals surface area contributed by atoms with Crippen molar-refractivity contribution in [2.45, 2.75) is 114 Å². The Morgan fingerprint density at radius 3 is 1.30 bits per heavy atom. The van der Waals surface area contributed by atoms with Gasteiger partial charge in [0.2, 0.25) is 11.8 Å². The molecule has 4 rings (SSSR count). The Morgan fingerprint density at radius 2 is 0.940 bits per heavy atom. The van der Waals surface area contributed by atoms with Crippen molar-refractivity contribution in [3.63, 3.8) is 0 Å². The van der Waals surface area contributed by atoms with E-state index in [1.54, 1.807) is 70.5 Å². The van der Waals surface area contributed by atoms with Crippen molar-refractivity contribution in [3.8, 4) is 0 Å². The fraction of sp³-hybridized carbons (Fsp3) is 0.420. The highest BCUT2D eigenvalue weighted by Crippen LogP contribution is 2.30. The number of esters is 1. The molecule has 0 aromatic heterocycles. The van der Waals surface area contributed by atoms with Crippen LogP contribution in [0.5, 0.6) is 0 Å². The van der Waals surface area contributed by atoms with Crippen molar-refractivity contribution >= 4 is 87.6 Å². The standard InChI is InChI=1S/C26H33Cl2N3O4.C24H31Cl2N3O3/c1-16(2)31(15-23(35-17(3)32)19-9-12-21(27)22(28)13-19)25(34)30-20-10-7-18(8-11-20)14-29-24(33)26(4,5)6;1-15(2)29(14-21(30)17-8-11-19(25)20(26)12-17)23(32)28-18-9-6-16(7-10-18)13-27-22(31)24(3,4)5/h7-13,16,23H,14-15H2,1-6H3,(H,29,33)(H,30,34);6-12,15,21,30H,13-14H2,1-5H3,(H,27,31)(H,28,32). The van der Waals surface area contributed by atoms with Gasteiger partial charge >= 0.3 is 18.0 Å². The molecule has 0 aliphatic rings. The van der Waals surface area contributed by atoms with Crippen LogP contribution in [0.2, 0.25) is 20.1 Å². The largest absolute Gasteiger partial charge is 0.456 e. The van der Waals surface area contributed by atoms with Crippen LogP contribution < -0.4 is 21.3 Å². The lowest BCUT2D eigenvalue weighted by atomic mass is 9.95. The van der Waals surface area contributed by atoms with Crippen LogP contribution in [0.25, 0.3) is 0 Å². The lowest BCUT2D eigenvalue weighted by Gasteiger charge is -2.31. The third-order valence-corrected chi connectivity index (χ3v) is 11.6. The number of urea groups is 2. The number of nitrogens with one attached hydrogen (secondary N) is 4. The van der Waals surface area contributed by atoms with Crippen molar-refractivity contribution in [2.75, 3.05) is 23.7 Å². The summed E-state index contributed by atoms with van der Waals surface area (Å²) in [6.07, 6.45) is -1.63. The first-order valence-electron chi connectivity index (χ1n) is 21.8. The normalized spacial score (nSPS) is 12.3. The summed E-state index contributed by atoms with van der Waals surface area (Å²) >= 11 is 24.2. The number of rotatable bonds is 15. The van der Waals surface area contributed by atoms with Crippen LogP contribution in [0.4, 0.5) is 21.0 Å². The van der Waals surface area contributed by atoms with Gasteiger partial charge in [-0.1, -0.05) is 124 Å². The molecule has 17 heteroatoms. The van der Waals surface area contributed by atoms with Gasteiger partial charge < -0.3 is 40.9 Å². The van der Waals surface area contributed by atoms with Crippen molar-refractivity contribution in [3.05, 3.63) is 127 Å². The van der Waals surface area contributed by atoms with Gasteiger partial charge in [-0.15, -0.1) is 0 Å². The number of nitrogens with zero attached hydrogens (tertiary/aromatic N) is 2. The predicted molar refractivity (Wildman–Crippen MR) is 270 cm³/mol. The number of anilines is 2. The fourth-order valence-corrected chi connectivity index (χ4v) is 6.68. The molecule has 4 aromatic carbocycles. The molecule has 0 bridgehead atoms. The molecule has 0 heterocycles. The molecule has 67 heavy (non-hydrogen) atoms. The van der Waals surface area contributed by atoms with E-state index in [9.17, 15) is 29.1 Å². The molecule has 0 aliphatic heterocycles. The highest BCUT2D eigenvalue weighted by molar-refractivity contribution is 6.42. The molecule has 6 amide bonds. The van der Waals surface area contributed by atoms with E-state index in [1.165, 1.54) is 6.92 Å². The second-order valence-corrected chi connectivity index (χ2v) is 20.2. The number of hydrogen-bond donors (Lipinski definition) is 5. The van der Waals surface area contributed by atoms with Crippen LogP contribution >= 0.6 is 46.4 Å². The van der Waals surface area contributed by atoms with Gasteiger partial charge in [0.05, 0.1) is 39.3 Å². The molecule has 5 N–H and O–H groups in total. The van der Waals surface area contributed by atoms with Gasteiger partial charge in [-0.3, -0.25) is 14.4 Å². The summed E-state index contributed by atoms with van der Waals surface area (Å²) in [7, 11) is 0. The molecular formula is C50H64Cl4N6O7. The van der Waals surface area contributed by atoms with Crippen molar-refractivity contribution in [1.29, 1.82) is 0 Å².